The van der Waals surface area contributed by atoms with Gasteiger partial charge >= 0.3 is 0 Å². The zero-order valence-corrected chi connectivity index (χ0v) is 7.84. The van der Waals surface area contributed by atoms with Gasteiger partial charge in [-0.05, 0) is 29.4 Å². The maximum atomic E-state index is 10.5. The molecule has 0 saturated heterocycles. The molecule has 1 rings (SSSR count). The lowest BCUT2D eigenvalue weighted by Crippen LogP contribution is -1.87. The highest BCUT2D eigenvalue weighted by atomic mass is 35.5. The molecule has 6 heteroatoms. The van der Waals surface area contributed by atoms with Gasteiger partial charge in [0.25, 0.3) is 10.3 Å². The molecule has 0 aromatic heterocycles. The highest BCUT2D eigenvalue weighted by Gasteiger charge is 2.07. The SMILES string of the molecule is O=C(Cl)Sc1cccc([N+](=O)[O-])c1. The Morgan fingerprint density at radius 2 is 2.23 bits per heavy atom. The van der Waals surface area contributed by atoms with Gasteiger partial charge in [0, 0.05) is 17.0 Å². The van der Waals surface area contributed by atoms with Crippen LogP contribution in [-0.4, -0.2) is 9.50 Å². The van der Waals surface area contributed by atoms with Crippen LogP contribution in [0.15, 0.2) is 29.2 Å². The molecule has 0 unspecified atom stereocenters. The number of halogens is 1. The van der Waals surface area contributed by atoms with Crippen LogP contribution in [0, 0.1) is 10.1 Å². The Balaban J connectivity index is 2.91. The summed E-state index contributed by atoms with van der Waals surface area (Å²) >= 11 is 5.85. The Morgan fingerprint density at radius 1 is 1.54 bits per heavy atom. The molecule has 0 fully saturated rings. The van der Waals surface area contributed by atoms with Gasteiger partial charge in [0.2, 0.25) is 0 Å². The van der Waals surface area contributed by atoms with Crippen LogP contribution in [0.2, 0.25) is 0 Å². The van der Waals surface area contributed by atoms with Crippen LogP contribution >= 0.6 is 23.4 Å². The number of non-ortho nitro benzene ring substituents is 1. The third-order valence-corrected chi connectivity index (χ3v) is 2.11. The van der Waals surface area contributed by atoms with Gasteiger partial charge in [0.05, 0.1) is 4.92 Å². The molecule has 0 spiro atoms. The van der Waals surface area contributed by atoms with Gasteiger partial charge in [-0.15, -0.1) is 0 Å². The van der Waals surface area contributed by atoms with Crippen molar-refractivity contribution < 1.29 is 9.72 Å². The smallest absolute Gasteiger partial charge is 0.268 e. The van der Waals surface area contributed by atoms with Gasteiger partial charge in [-0.3, -0.25) is 14.9 Å². The van der Waals surface area contributed by atoms with Crippen molar-refractivity contribution in [3.63, 3.8) is 0 Å². The topological polar surface area (TPSA) is 60.2 Å². The Morgan fingerprint density at radius 3 is 2.77 bits per heavy atom. The summed E-state index contributed by atoms with van der Waals surface area (Å²) in [7, 11) is 0. The first-order valence-electron chi connectivity index (χ1n) is 3.21. The monoisotopic (exact) mass is 217 g/mol. The van der Waals surface area contributed by atoms with Crippen LogP contribution in [0.1, 0.15) is 0 Å². The van der Waals surface area contributed by atoms with E-state index >= 15 is 0 Å². The molecule has 0 saturated carbocycles. The molecule has 4 nitrogen and oxygen atoms in total. The fourth-order valence-electron chi connectivity index (χ4n) is 0.753. The van der Waals surface area contributed by atoms with E-state index in [0.717, 1.165) is 11.8 Å². The Kier molecular flexibility index (Phi) is 3.27. The predicted molar refractivity (Wildman–Crippen MR) is 50.2 cm³/mol. The molecule has 0 heterocycles. The third-order valence-electron chi connectivity index (χ3n) is 1.23. The molecule has 0 aliphatic rings. The number of carbonyl (C=O) groups is 1. The molecule has 0 N–H and O–H groups in total. The van der Waals surface area contributed by atoms with E-state index in [1.807, 2.05) is 0 Å². The van der Waals surface area contributed by atoms with E-state index in [-0.39, 0.29) is 5.69 Å². The number of nitro groups is 1. The highest BCUT2D eigenvalue weighted by molar-refractivity contribution is 8.16. The number of nitro benzene ring substituents is 1. The normalized spacial score (nSPS) is 9.62. The number of hydrogen-bond acceptors (Lipinski definition) is 4. The number of benzene rings is 1. The van der Waals surface area contributed by atoms with Gasteiger partial charge < -0.3 is 0 Å². The molecule has 1 aromatic carbocycles. The minimum atomic E-state index is -0.611. The van der Waals surface area contributed by atoms with Crippen molar-refractivity contribution in [1.29, 1.82) is 0 Å². The van der Waals surface area contributed by atoms with Crippen LogP contribution in [-0.2, 0) is 0 Å². The average molecular weight is 218 g/mol. The quantitative estimate of drug-likeness (QED) is 0.331. The summed E-state index contributed by atoms with van der Waals surface area (Å²) in [5.41, 5.74) is -0.0529. The first-order valence-corrected chi connectivity index (χ1v) is 4.41. The zero-order valence-electron chi connectivity index (χ0n) is 6.27. The summed E-state index contributed by atoms with van der Waals surface area (Å²) in [4.78, 5) is 20.7. The molecular weight excluding hydrogens is 214 g/mol. The van der Waals surface area contributed by atoms with Crippen LogP contribution in [0.3, 0.4) is 0 Å². The first kappa shape index (κ1) is 10.0. The maximum Gasteiger partial charge on any atom is 0.284 e. The second-order valence-electron chi connectivity index (χ2n) is 2.09. The second-order valence-corrected chi connectivity index (χ2v) is 3.71. The first-order chi connectivity index (χ1) is 6.09. The molecule has 0 aliphatic carbocycles. The van der Waals surface area contributed by atoms with Crippen molar-refractivity contribution in [3.8, 4) is 0 Å². The molecule has 13 heavy (non-hydrogen) atoms. The summed E-state index contributed by atoms with van der Waals surface area (Å²) in [6, 6.07) is 5.73. The Bertz CT molecular complexity index is 355. The van der Waals surface area contributed by atoms with E-state index in [0.29, 0.717) is 4.90 Å². The Labute approximate surface area is 83.0 Å². The highest BCUT2D eigenvalue weighted by Crippen LogP contribution is 2.24. The van der Waals surface area contributed by atoms with Crippen molar-refractivity contribution in [1.82, 2.24) is 0 Å². The summed E-state index contributed by atoms with van der Waals surface area (Å²) in [6.45, 7) is 0. The van der Waals surface area contributed by atoms with E-state index in [4.69, 9.17) is 11.6 Å². The summed E-state index contributed by atoms with van der Waals surface area (Å²) in [6.07, 6.45) is 0. The van der Waals surface area contributed by atoms with E-state index in [2.05, 4.69) is 0 Å². The molecule has 0 atom stereocenters. The Hall–Kier alpha value is -1.07. The minimum absolute atomic E-state index is 0.0529. The van der Waals surface area contributed by atoms with Crippen molar-refractivity contribution in [3.05, 3.63) is 34.4 Å². The number of nitrogens with zero attached hydrogens (tertiary/aromatic N) is 1. The lowest BCUT2D eigenvalue weighted by molar-refractivity contribution is -0.385. The van der Waals surface area contributed by atoms with Crippen molar-refractivity contribution in [2.75, 3.05) is 0 Å². The van der Waals surface area contributed by atoms with E-state index in [1.54, 1.807) is 6.07 Å². The number of hydrogen-bond donors (Lipinski definition) is 0. The molecule has 68 valence electrons. The largest absolute Gasteiger partial charge is 0.284 e. The van der Waals surface area contributed by atoms with Crippen molar-refractivity contribution in [2.24, 2.45) is 0 Å². The van der Waals surface area contributed by atoms with Crippen molar-refractivity contribution in [2.45, 2.75) is 4.90 Å². The van der Waals surface area contributed by atoms with Crippen LogP contribution in [0.25, 0.3) is 0 Å². The fraction of sp³-hybridized carbons (Fsp3) is 0. The molecule has 0 aliphatic heterocycles. The van der Waals surface area contributed by atoms with Crippen LogP contribution in [0.4, 0.5) is 10.5 Å². The summed E-state index contributed by atoms with van der Waals surface area (Å²) in [5, 5.41) is 10.3. The number of rotatable bonds is 2. The van der Waals surface area contributed by atoms with Crippen LogP contribution in [0.5, 0.6) is 0 Å². The average Bonchev–Trinajstić information content (AvgIpc) is 2.03. The van der Waals surface area contributed by atoms with E-state index < -0.39 is 9.50 Å². The zero-order chi connectivity index (χ0) is 9.84. The van der Waals surface area contributed by atoms with Crippen molar-refractivity contribution >= 4 is 33.6 Å². The molecule has 0 bridgehead atoms. The lowest BCUT2D eigenvalue weighted by atomic mass is 10.3. The summed E-state index contributed by atoms with van der Waals surface area (Å²) in [5.74, 6) is 0. The third kappa shape index (κ3) is 3.04. The van der Waals surface area contributed by atoms with E-state index in [9.17, 15) is 14.9 Å². The molecule has 0 amide bonds. The van der Waals surface area contributed by atoms with E-state index in [1.165, 1.54) is 18.2 Å². The minimum Gasteiger partial charge on any atom is -0.268 e. The number of thioether (sulfide) groups is 1. The van der Waals surface area contributed by atoms with Gasteiger partial charge in [0.1, 0.15) is 0 Å². The fourth-order valence-corrected chi connectivity index (χ4v) is 1.53. The predicted octanol–water partition coefficient (Wildman–Crippen LogP) is 3.05. The maximum absolute atomic E-state index is 10.5. The van der Waals surface area contributed by atoms with Crippen LogP contribution < -0.4 is 0 Å². The lowest BCUT2D eigenvalue weighted by Gasteiger charge is -1.94. The molecule has 0 radical (unpaired) electrons. The standard InChI is InChI=1S/C7H4ClNO3S/c8-7(10)13-6-3-1-2-5(4-6)9(11)12/h1-4H. The second kappa shape index (κ2) is 4.25. The van der Waals surface area contributed by atoms with Gasteiger partial charge in [-0.1, -0.05) is 6.07 Å². The molecular formula is C7H4ClNO3S. The number of carbonyl (C=O) groups excluding carboxylic acids is 1. The van der Waals surface area contributed by atoms with Gasteiger partial charge in [0.15, 0.2) is 0 Å². The van der Waals surface area contributed by atoms with Gasteiger partial charge in [-0.2, -0.15) is 0 Å². The van der Waals surface area contributed by atoms with Gasteiger partial charge in [-0.25, -0.2) is 0 Å². The molecule has 1 aromatic rings. The summed E-state index contributed by atoms with van der Waals surface area (Å²) < 4.78 is -0.611.